The number of pyridine rings is 3. The number of carbonyl (C=O) groups excluding carboxylic acids is 1. The number of imidazole rings is 1. The van der Waals surface area contributed by atoms with E-state index in [2.05, 4.69) is 52.7 Å². The third kappa shape index (κ3) is 5.18. The molecule has 0 spiro atoms. The highest BCUT2D eigenvalue weighted by Gasteiger charge is 2.27. The maximum Gasteiger partial charge on any atom is 0.229 e. The number of amides is 1. The van der Waals surface area contributed by atoms with Crippen molar-refractivity contribution in [1.82, 2.24) is 35.1 Å². The van der Waals surface area contributed by atoms with Gasteiger partial charge in [0.1, 0.15) is 23.0 Å². The molecule has 2 aliphatic heterocycles. The lowest BCUT2D eigenvalue weighted by molar-refractivity contribution is -0.123. The maximum absolute atomic E-state index is 16.5. The van der Waals surface area contributed by atoms with Gasteiger partial charge in [-0.3, -0.25) is 9.78 Å². The lowest BCUT2D eigenvalue weighted by Gasteiger charge is -2.33. The second-order valence-electron chi connectivity index (χ2n) is 11.4. The minimum Gasteiger partial charge on any atom is -0.373 e. The number of aromatic amines is 1. The number of aromatic nitrogens is 5. The van der Waals surface area contributed by atoms with Crippen molar-refractivity contribution in [1.29, 1.82) is 0 Å². The number of hydrogen-bond acceptors (Lipinski definition) is 9. The quantitative estimate of drug-likeness (QED) is 0.298. The minimum absolute atomic E-state index is 0.159. The van der Waals surface area contributed by atoms with E-state index in [1.54, 1.807) is 30.9 Å². The molecule has 0 radical (unpaired) electrons. The van der Waals surface area contributed by atoms with E-state index >= 15 is 4.39 Å². The molecule has 0 atom stereocenters. The Morgan fingerprint density at radius 3 is 2.68 bits per heavy atom. The van der Waals surface area contributed by atoms with Gasteiger partial charge < -0.3 is 30.7 Å². The van der Waals surface area contributed by atoms with Crippen LogP contribution in [-0.4, -0.2) is 75.6 Å². The predicted molar refractivity (Wildman–Crippen MR) is 158 cm³/mol. The minimum atomic E-state index is -0.586. The molecule has 0 saturated carbocycles. The molecule has 0 aromatic carbocycles. The SMILES string of the molecule is CN1CCN(c2nccc3[nH]c(C4=CNCNc5ncc(-c6cncc(NC(=O)C(C)(C)C)c6)c(F)c54)nc23)CC1. The number of hydrogen-bond donors (Lipinski definition) is 4. The van der Waals surface area contributed by atoms with Gasteiger partial charge in [-0.2, -0.15) is 0 Å². The van der Waals surface area contributed by atoms with Crippen LogP contribution in [0, 0.1) is 11.2 Å². The van der Waals surface area contributed by atoms with Crippen LogP contribution in [0.25, 0.3) is 27.7 Å². The fraction of sp³-hybridized carbons (Fsp3) is 0.345. The third-order valence-electron chi connectivity index (χ3n) is 7.32. The van der Waals surface area contributed by atoms with Crippen LogP contribution >= 0.6 is 0 Å². The standard InChI is InChI=1S/C29H33FN10O/c1-29(2,3)28(41)36-18-11-17(12-31-13-18)19-15-34-26-22(23(19)30)20(14-32-16-35-26)25-37-21-5-6-33-27(24(21)38-25)40-9-7-39(4)8-10-40/h5-6,11-15,32H,7-10,16H2,1-4H3,(H,34,35)(H,36,41)(H,37,38). The van der Waals surface area contributed by atoms with E-state index in [4.69, 9.17) is 4.98 Å². The van der Waals surface area contributed by atoms with Crippen molar-refractivity contribution in [3.8, 4) is 11.1 Å². The van der Waals surface area contributed by atoms with Crippen LogP contribution in [0.15, 0.2) is 43.1 Å². The van der Waals surface area contributed by atoms with E-state index in [0.29, 0.717) is 35.1 Å². The summed E-state index contributed by atoms with van der Waals surface area (Å²) in [5.41, 5.74) is 3.02. The zero-order chi connectivity index (χ0) is 28.7. The second kappa shape index (κ2) is 10.4. The average molecular weight is 557 g/mol. The molecule has 0 bridgehead atoms. The first kappa shape index (κ1) is 26.6. The van der Waals surface area contributed by atoms with Gasteiger partial charge in [-0.05, 0) is 19.2 Å². The molecule has 41 heavy (non-hydrogen) atoms. The summed E-state index contributed by atoms with van der Waals surface area (Å²) in [4.78, 5) is 38.8. The smallest absolute Gasteiger partial charge is 0.229 e. The van der Waals surface area contributed by atoms with E-state index in [0.717, 1.165) is 43.0 Å². The van der Waals surface area contributed by atoms with Gasteiger partial charge in [-0.15, -0.1) is 0 Å². The Balaban J connectivity index is 1.40. The van der Waals surface area contributed by atoms with E-state index in [-0.39, 0.29) is 17.0 Å². The fourth-order valence-electron chi connectivity index (χ4n) is 4.89. The van der Waals surface area contributed by atoms with Crippen molar-refractivity contribution >= 4 is 39.8 Å². The normalized spacial score (nSPS) is 15.9. The topological polar surface area (TPSA) is 127 Å². The van der Waals surface area contributed by atoms with Gasteiger partial charge in [0.05, 0.1) is 29.6 Å². The number of anilines is 3. The van der Waals surface area contributed by atoms with Gasteiger partial charge in [0, 0.05) is 73.1 Å². The zero-order valence-electron chi connectivity index (χ0n) is 23.5. The Labute approximate surface area is 237 Å². The Kier molecular flexibility index (Phi) is 6.78. The first-order valence-corrected chi connectivity index (χ1v) is 13.6. The van der Waals surface area contributed by atoms with Crippen molar-refractivity contribution < 1.29 is 9.18 Å². The Bertz CT molecular complexity index is 1650. The van der Waals surface area contributed by atoms with Crippen LogP contribution in [0.1, 0.15) is 32.2 Å². The molecule has 2 aliphatic rings. The van der Waals surface area contributed by atoms with Gasteiger partial charge in [-0.1, -0.05) is 20.8 Å². The van der Waals surface area contributed by atoms with Gasteiger partial charge in [-0.25, -0.2) is 19.3 Å². The molecular weight excluding hydrogens is 523 g/mol. The van der Waals surface area contributed by atoms with Crippen molar-refractivity contribution in [3.05, 3.63) is 60.3 Å². The van der Waals surface area contributed by atoms with Gasteiger partial charge in [0.25, 0.3) is 0 Å². The molecule has 4 aromatic rings. The summed E-state index contributed by atoms with van der Waals surface area (Å²) in [7, 11) is 2.11. The highest BCUT2D eigenvalue weighted by atomic mass is 19.1. The summed E-state index contributed by atoms with van der Waals surface area (Å²) in [5.74, 6) is 1.07. The number of rotatable bonds is 4. The van der Waals surface area contributed by atoms with E-state index in [9.17, 15) is 4.79 Å². The first-order chi connectivity index (χ1) is 19.7. The van der Waals surface area contributed by atoms with Crippen LogP contribution in [0.2, 0.25) is 0 Å². The molecule has 212 valence electrons. The summed E-state index contributed by atoms with van der Waals surface area (Å²) in [6.07, 6.45) is 8.09. The average Bonchev–Trinajstić information content (AvgIpc) is 3.26. The summed E-state index contributed by atoms with van der Waals surface area (Å²) >= 11 is 0. The highest BCUT2D eigenvalue weighted by Crippen LogP contribution is 2.37. The molecule has 12 heteroatoms. The molecule has 1 saturated heterocycles. The summed E-state index contributed by atoms with van der Waals surface area (Å²) in [6, 6.07) is 3.58. The molecule has 11 nitrogen and oxygen atoms in total. The molecule has 1 amide bonds. The number of H-pyrrole nitrogens is 1. The maximum atomic E-state index is 16.5. The molecule has 4 aromatic heterocycles. The van der Waals surface area contributed by atoms with Crippen molar-refractivity contribution in [2.45, 2.75) is 20.8 Å². The number of halogens is 1. The lowest BCUT2D eigenvalue weighted by Crippen LogP contribution is -2.44. The second-order valence-corrected chi connectivity index (χ2v) is 11.4. The lowest BCUT2D eigenvalue weighted by atomic mass is 9.95. The summed E-state index contributed by atoms with van der Waals surface area (Å²) < 4.78 is 16.5. The number of fused-ring (bicyclic) bond motifs is 2. The molecular formula is C29H33FN10O. The Morgan fingerprint density at radius 1 is 1.10 bits per heavy atom. The molecule has 0 aliphatic carbocycles. The molecule has 4 N–H and O–H groups in total. The fourth-order valence-corrected chi connectivity index (χ4v) is 4.89. The summed E-state index contributed by atoms with van der Waals surface area (Å²) in [6.45, 7) is 9.44. The van der Waals surface area contributed by atoms with Crippen molar-refractivity contribution in [2.24, 2.45) is 5.41 Å². The van der Waals surface area contributed by atoms with Crippen LogP contribution in [-0.2, 0) is 4.79 Å². The Hall–Kier alpha value is -4.58. The Morgan fingerprint density at radius 2 is 1.90 bits per heavy atom. The molecule has 0 unspecified atom stereocenters. The van der Waals surface area contributed by atoms with Crippen LogP contribution in [0.5, 0.6) is 0 Å². The summed E-state index contributed by atoms with van der Waals surface area (Å²) in [5, 5.41) is 9.18. The molecule has 6 heterocycles. The zero-order valence-corrected chi connectivity index (χ0v) is 23.5. The van der Waals surface area contributed by atoms with Gasteiger partial charge in [0.15, 0.2) is 5.82 Å². The van der Waals surface area contributed by atoms with Crippen LogP contribution in [0.4, 0.5) is 21.7 Å². The van der Waals surface area contributed by atoms with Gasteiger partial charge >= 0.3 is 0 Å². The number of nitrogens with one attached hydrogen (secondary N) is 4. The number of carbonyl (C=O) groups is 1. The highest BCUT2D eigenvalue weighted by molar-refractivity contribution is 5.95. The van der Waals surface area contributed by atoms with Gasteiger partial charge in [0.2, 0.25) is 5.91 Å². The third-order valence-corrected chi connectivity index (χ3v) is 7.32. The first-order valence-electron chi connectivity index (χ1n) is 13.6. The van der Waals surface area contributed by atoms with Crippen molar-refractivity contribution in [3.63, 3.8) is 0 Å². The molecule has 6 rings (SSSR count). The van der Waals surface area contributed by atoms with Crippen molar-refractivity contribution in [2.75, 3.05) is 55.4 Å². The van der Waals surface area contributed by atoms with E-state index in [1.807, 2.05) is 26.8 Å². The number of nitrogens with zero attached hydrogens (tertiary/aromatic N) is 6. The monoisotopic (exact) mass is 556 g/mol. The van der Waals surface area contributed by atoms with Crippen LogP contribution < -0.4 is 20.9 Å². The van der Waals surface area contributed by atoms with E-state index in [1.165, 1.54) is 6.20 Å². The molecule has 1 fully saturated rings. The largest absolute Gasteiger partial charge is 0.373 e. The number of piperazine rings is 1. The number of likely N-dealkylation sites (N-methyl/N-ethyl adjacent to an activating group) is 1. The van der Waals surface area contributed by atoms with Crippen LogP contribution in [0.3, 0.4) is 0 Å². The predicted octanol–water partition coefficient (Wildman–Crippen LogP) is 3.65. The van der Waals surface area contributed by atoms with E-state index < -0.39 is 11.2 Å².